The van der Waals surface area contributed by atoms with Gasteiger partial charge in [-0.25, -0.2) is 0 Å². The van der Waals surface area contributed by atoms with Crippen molar-refractivity contribution in [1.29, 1.82) is 0 Å². The average molecular weight is 181 g/mol. The highest BCUT2D eigenvalue weighted by Gasteiger charge is 1.95. The molecule has 0 saturated carbocycles. The highest BCUT2D eigenvalue weighted by atomic mass is 16.5. The molecule has 4 nitrogen and oxygen atoms in total. The summed E-state index contributed by atoms with van der Waals surface area (Å²) in [5.74, 6) is 0.590. The van der Waals surface area contributed by atoms with E-state index in [1.165, 1.54) is 0 Å². The topological polar surface area (TPSA) is 47.0 Å². The molecule has 0 unspecified atom stereocenters. The van der Waals surface area contributed by atoms with Gasteiger partial charge in [0.25, 0.3) is 0 Å². The van der Waals surface area contributed by atoms with Gasteiger partial charge in [0.05, 0.1) is 5.69 Å². The molecule has 1 aromatic heterocycles. The minimum atomic E-state index is 0.590. The van der Waals surface area contributed by atoms with Crippen molar-refractivity contribution < 1.29 is 4.74 Å². The molecule has 0 atom stereocenters. The molecule has 1 N–H and O–H groups in total. The maximum absolute atomic E-state index is 5.31. The van der Waals surface area contributed by atoms with Crippen LogP contribution in [0.3, 0.4) is 0 Å². The van der Waals surface area contributed by atoms with E-state index in [0.29, 0.717) is 12.5 Å². The third kappa shape index (κ3) is 3.38. The van der Waals surface area contributed by atoms with Gasteiger partial charge in [-0.2, -0.15) is 5.10 Å². The second-order valence-corrected chi connectivity index (χ2v) is 2.67. The molecule has 0 radical (unpaired) electrons. The number of aromatic nitrogens is 2. The van der Waals surface area contributed by atoms with E-state index in [1.807, 2.05) is 26.1 Å². The number of nitrogens with zero attached hydrogens (tertiary/aromatic N) is 2. The van der Waals surface area contributed by atoms with Crippen LogP contribution in [0.1, 0.15) is 12.6 Å². The second kappa shape index (κ2) is 5.48. The molecule has 4 heteroatoms. The minimum absolute atomic E-state index is 0.590. The van der Waals surface area contributed by atoms with Crippen LogP contribution in [0.5, 0.6) is 5.88 Å². The lowest BCUT2D eigenvalue weighted by molar-refractivity contribution is 0.302. The lowest BCUT2D eigenvalue weighted by Crippen LogP contribution is -2.16. The number of aryl methyl sites for hydroxylation is 1. The van der Waals surface area contributed by atoms with Gasteiger partial charge in [0, 0.05) is 12.6 Å². The Kier molecular flexibility index (Phi) is 4.18. The first-order chi connectivity index (χ1) is 6.36. The Morgan fingerprint density at radius 1 is 1.38 bits per heavy atom. The molecule has 0 aliphatic rings. The van der Waals surface area contributed by atoms with Crippen LogP contribution in [0.15, 0.2) is 12.1 Å². The van der Waals surface area contributed by atoms with Crippen LogP contribution in [0.25, 0.3) is 0 Å². The average Bonchev–Trinajstić information content (AvgIpc) is 2.19. The van der Waals surface area contributed by atoms with Gasteiger partial charge in [-0.3, -0.25) is 0 Å². The van der Waals surface area contributed by atoms with E-state index in [-0.39, 0.29) is 0 Å². The third-order valence-electron chi connectivity index (χ3n) is 1.66. The fraction of sp³-hybridized carbons (Fsp3) is 0.556. The van der Waals surface area contributed by atoms with E-state index in [4.69, 9.17) is 4.74 Å². The predicted octanol–water partition coefficient (Wildman–Crippen LogP) is 0.637. The fourth-order valence-corrected chi connectivity index (χ4v) is 0.871. The lowest BCUT2D eigenvalue weighted by atomic mass is 10.3. The van der Waals surface area contributed by atoms with E-state index < -0.39 is 0 Å². The summed E-state index contributed by atoms with van der Waals surface area (Å²) in [5.41, 5.74) is 0.987. The van der Waals surface area contributed by atoms with Gasteiger partial charge in [-0.05, 0) is 19.5 Å². The van der Waals surface area contributed by atoms with Gasteiger partial charge < -0.3 is 10.1 Å². The fourth-order valence-electron chi connectivity index (χ4n) is 0.871. The number of hydrogen-bond acceptors (Lipinski definition) is 4. The van der Waals surface area contributed by atoms with Gasteiger partial charge in [0.1, 0.15) is 6.61 Å². The SMILES string of the molecule is CCc1ccc(OCCNC)nn1. The van der Waals surface area contributed by atoms with Gasteiger partial charge in [0.15, 0.2) is 0 Å². The lowest BCUT2D eigenvalue weighted by Gasteiger charge is -2.03. The minimum Gasteiger partial charge on any atom is -0.475 e. The molecule has 0 spiro atoms. The van der Waals surface area contributed by atoms with Crippen molar-refractivity contribution in [3.05, 3.63) is 17.8 Å². The zero-order valence-corrected chi connectivity index (χ0v) is 8.08. The van der Waals surface area contributed by atoms with Crippen molar-refractivity contribution in [2.24, 2.45) is 0 Å². The molecule has 0 saturated heterocycles. The van der Waals surface area contributed by atoms with E-state index in [1.54, 1.807) is 0 Å². The molecule has 0 bridgehead atoms. The molecular weight excluding hydrogens is 166 g/mol. The van der Waals surface area contributed by atoms with Crippen molar-refractivity contribution in [1.82, 2.24) is 15.5 Å². The van der Waals surface area contributed by atoms with Crippen LogP contribution < -0.4 is 10.1 Å². The van der Waals surface area contributed by atoms with Crippen LogP contribution >= 0.6 is 0 Å². The van der Waals surface area contributed by atoms with E-state index in [9.17, 15) is 0 Å². The maximum atomic E-state index is 5.31. The van der Waals surface area contributed by atoms with Crippen molar-refractivity contribution >= 4 is 0 Å². The molecular formula is C9H15N3O. The number of likely N-dealkylation sites (N-methyl/N-ethyl adjacent to an activating group) is 1. The first-order valence-electron chi connectivity index (χ1n) is 4.46. The Bertz CT molecular complexity index is 235. The normalized spacial score (nSPS) is 10.0. The Hall–Kier alpha value is -1.16. The Morgan fingerprint density at radius 3 is 2.77 bits per heavy atom. The molecule has 1 rings (SSSR count). The zero-order valence-electron chi connectivity index (χ0n) is 8.08. The molecule has 0 aliphatic heterocycles. The third-order valence-corrected chi connectivity index (χ3v) is 1.66. The Morgan fingerprint density at radius 2 is 2.23 bits per heavy atom. The van der Waals surface area contributed by atoms with E-state index in [2.05, 4.69) is 15.5 Å². The first-order valence-corrected chi connectivity index (χ1v) is 4.46. The summed E-state index contributed by atoms with van der Waals surface area (Å²) in [6, 6.07) is 3.78. The quantitative estimate of drug-likeness (QED) is 0.677. The summed E-state index contributed by atoms with van der Waals surface area (Å²) in [4.78, 5) is 0. The Labute approximate surface area is 78.3 Å². The highest BCUT2D eigenvalue weighted by Crippen LogP contribution is 2.04. The van der Waals surface area contributed by atoms with Crippen LogP contribution in [0.2, 0.25) is 0 Å². The van der Waals surface area contributed by atoms with Crippen LogP contribution in [-0.2, 0) is 6.42 Å². The maximum Gasteiger partial charge on any atom is 0.233 e. The molecule has 0 aromatic carbocycles. The standard InChI is InChI=1S/C9H15N3O/c1-3-8-4-5-9(12-11-8)13-7-6-10-2/h4-5,10H,3,6-7H2,1-2H3. The van der Waals surface area contributed by atoms with E-state index >= 15 is 0 Å². The van der Waals surface area contributed by atoms with Crippen LogP contribution in [0, 0.1) is 0 Å². The summed E-state index contributed by atoms with van der Waals surface area (Å²) in [6.07, 6.45) is 0.907. The van der Waals surface area contributed by atoms with Crippen molar-refractivity contribution in [3.8, 4) is 5.88 Å². The summed E-state index contributed by atoms with van der Waals surface area (Å²) in [5, 5.41) is 10.9. The molecule has 0 aliphatic carbocycles. The molecule has 1 aromatic rings. The summed E-state index contributed by atoms with van der Waals surface area (Å²) in [6.45, 7) is 3.49. The Balaban J connectivity index is 2.40. The number of ether oxygens (including phenoxy) is 1. The van der Waals surface area contributed by atoms with Gasteiger partial charge in [-0.15, -0.1) is 5.10 Å². The molecule has 0 amide bonds. The predicted molar refractivity (Wildman–Crippen MR) is 50.8 cm³/mol. The summed E-state index contributed by atoms with van der Waals surface area (Å²) < 4.78 is 5.31. The second-order valence-electron chi connectivity index (χ2n) is 2.67. The van der Waals surface area contributed by atoms with E-state index in [0.717, 1.165) is 18.7 Å². The van der Waals surface area contributed by atoms with Crippen molar-refractivity contribution in [2.75, 3.05) is 20.2 Å². The molecule has 72 valence electrons. The molecule has 13 heavy (non-hydrogen) atoms. The smallest absolute Gasteiger partial charge is 0.233 e. The summed E-state index contributed by atoms with van der Waals surface area (Å²) >= 11 is 0. The molecule has 0 fully saturated rings. The van der Waals surface area contributed by atoms with Crippen molar-refractivity contribution in [2.45, 2.75) is 13.3 Å². The monoisotopic (exact) mass is 181 g/mol. The number of hydrogen-bond donors (Lipinski definition) is 1. The highest BCUT2D eigenvalue weighted by molar-refractivity contribution is 5.11. The zero-order chi connectivity index (χ0) is 9.52. The van der Waals surface area contributed by atoms with Gasteiger partial charge in [-0.1, -0.05) is 6.92 Å². The van der Waals surface area contributed by atoms with Crippen molar-refractivity contribution in [3.63, 3.8) is 0 Å². The first kappa shape index (κ1) is 9.92. The van der Waals surface area contributed by atoms with Gasteiger partial charge in [0.2, 0.25) is 5.88 Å². The molecule has 1 heterocycles. The van der Waals surface area contributed by atoms with Crippen LogP contribution in [-0.4, -0.2) is 30.4 Å². The largest absolute Gasteiger partial charge is 0.475 e. The number of rotatable bonds is 5. The van der Waals surface area contributed by atoms with Crippen LogP contribution in [0.4, 0.5) is 0 Å². The summed E-state index contributed by atoms with van der Waals surface area (Å²) in [7, 11) is 1.88. The number of nitrogens with one attached hydrogen (secondary N) is 1. The van der Waals surface area contributed by atoms with Gasteiger partial charge >= 0.3 is 0 Å².